The van der Waals surface area contributed by atoms with Crippen LogP contribution in [0.3, 0.4) is 0 Å². The third-order valence-corrected chi connectivity index (χ3v) is 6.67. The van der Waals surface area contributed by atoms with Gasteiger partial charge in [-0.05, 0) is 37.1 Å². The van der Waals surface area contributed by atoms with Gasteiger partial charge in [-0.2, -0.15) is 0 Å². The molecule has 28 heavy (non-hydrogen) atoms. The lowest BCUT2D eigenvalue weighted by Gasteiger charge is -2.36. The van der Waals surface area contributed by atoms with Gasteiger partial charge in [0.15, 0.2) is 0 Å². The summed E-state index contributed by atoms with van der Waals surface area (Å²) >= 11 is 8.18. The van der Waals surface area contributed by atoms with Crippen molar-refractivity contribution in [1.29, 1.82) is 0 Å². The maximum atomic E-state index is 8.81. The molecule has 1 fully saturated rings. The molecule has 3 aliphatic rings. The zero-order valence-electron chi connectivity index (χ0n) is 15.9. The number of fused-ring (bicyclic) bond motifs is 1. The molecule has 150 valence electrons. The predicted molar refractivity (Wildman–Crippen MR) is 115 cm³/mol. The summed E-state index contributed by atoms with van der Waals surface area (Å²) in [6.45, 7) is 5.88. The molecule has 1 aliphatic carbocycles. The first-order valence-corrected chi connectivity index (χ1v) is 11.1. The Bertz CT molecular complexity index is 801. The Kier molecular flexibility index (Phi) is 6.75. The Morgan fingerprint density at radius 1 is 1.18 bits per heavy atom. The molecule has 7 heteroatoms. The first-order valence-electron chi connectivity index (χ1n) is 9.86. The van der Waals surface area contributed by atoms with E-state index in [4.69, 9.17) is 26.4 Å². The summed E-state index contributed by atoms with van der Waals surface area (Å²) in [6.07, 6.45) is 6.51. The summed E-state index contributed by atoms with van der Waals surface area (Å²) in [7, 11) is 0. The number of rotatable bonds is 5. The van der Waals surface area contributed by atoms with Gasteiger partial charge in [0.05, 0.1) is 25.5 Å². The second-order valence-electron chi connectivity index (χ2n) is 7.09. The highest BCUT2D eigenvalue weighted by Gasteiger charge is 2.26. The second kappa shape index (κ2) is 9.46. The number of amidine groups is 1. The van der Waals surface area contributed by atoms with E-state index in [0.29, 0.717) is 13.2 Å². The maximum absolute atomic E-state index is 8.81. The van der Waals surface area contributed by atoms with Crippen molar-refractivity contribution < 1.29 is 9.84 Å². The van der Waals surface area contributed by atoms with Gasteiger partial charge in [0, 0.05) is 53.1 Å². The lowest BCUT2D eigenvalue weighted by Crippen LogP contribution is -2.49. The molecule has 2 aliphatic heterocycles. The number of benzene rings is 1. The molecule has 0 atom stereocenters. The number of hydrogen-bond acceptors (Lipinski definition) is 6. The Morgan fingerprint density at radius 3 is 2.86 bits per heavy atom. The minimum Gasteiger partial charge on any atom is -0.394 e. The number of halogens is 1. The van der Waals surface area contributed by atoms with E-state index in [0.717, 1.165) is 67.7 Å². The fourth-order valence-electron chi connectivity index (χ4n) is 3.69. The predicted octanol–water partition coefficient (Wildman–Crippen LogP) is 3.38. The van der Waals surface area contributed by atoms with Crippen LogP contribution in [-0.2, 0) is 4.74 Å². The van der Waals surface area contributed by atoms with Crippen LogP contribution < -0.4 is 0 Å². The van der Waals surface area contributed by atoms with E-state index in [-0.39, 0.29) is 6.61 Å². The van der Waals surface area contributed by atoms with Crippen LogP contribution in [0.5, 0.6) is 0 Å². The van der Waals surface area contributed by atoms with E-state index in [1.165, 1.54) is 9.80 Å². The van der Waals surface area contributed by atoms with Crippen LogP contribution in [0.1, 0.15) is 18.4 Å². The zero-order valence-corrected chi connectivity index (χ0v) is 17.5. The number of hydrogen-bond donors (Lipinski definition) is 1. The average molecular weight is 420 g/mol. The number of thioether (sulfide) groups is 1. The van der Waals surface area contributed by atoms with Crippen LogP contribution in [0, 0.1) is 0 Å². The molecule has 0 bridgehead atoms. The van der Waals surface area contributed by atoms with Crippen LogP contribution in [0.4, 0.5) is 0 Å². The Balaban J connectivity index is 1.51. The minimum absolute atomic E-state index is 0.0832. The fourth-order valence-corrected chi connectivity index (χ4v) is 4.96. The summed E-state index contributed by atoms with van der Waals surface area (Å²) in [4.78, 5) is 12.5. The summed E-state index contributed by atoms with van der Waals surface area (Å²) < 4.78 is 5.40. The highest BCUT2D eigenvalue weighted by molar-refractivity contribution is 8.03. The van der Waals surface area contributed by atoms with Gasteiger partial charge in [-0.25, -0.2) is 4.99 Å². The highest BCUT2D eigenvalue weighted by Crippen LogP contribution is 2.41. The number of aliphatic imine (C=N–C) groups is 1. The van der Waals surface area contributed by atoms with Crippen molar-refractivity contribution in [2.24, 2.45) is 4.99 Å². The molecule has 5 nitrogen and oxygen atoms in total. The molecule has 1 aromatic rings. The molecule has 0 unspecified atom stereocenters. The molecule has 2 heterocycles. The summed E-state index contributed by atoms with van der Waals surface area (Å²) in [5, 5.41) is 9.56. The van der Waals surface area contributed by atoms with Crippen molar-refractivity contribution >= 4 is 29.2 Å². The van der Waals surface area contributed by atoms with Gasteiger partial charge in [0.1, 0.15) is 5.84 Å². The van der Waals surface area contributed by atoms with E-state index in [1.54, 1.807) is 0 Å². The first kappa shape index (κ1) is 20.0. The van der Waals surface area contributed by atoms with Crippen molar-refractivity contribution in [3.05, 3.63) is 51.5 Å². The molecule has 0 amide bonds. The van der Waals surface area contributed by atoms with Gasteiger partial charge in [-0.1, -0.05) is 29.4 Å². The molecule has 0 aromatic heterocycles. The molecule has 1 aromatic carbocycles. The first-order chi connectivity index (χ1) is 13.7. The molecule has 0 radical (unpaired) electrons. The Morgan fingerprint density at radius 2 is 2.04 bits per heavy atom. The molecular weight excluding hydrogens is 394 g/mol. The van der Waals surface area contributed by atoms with E-state index in [2.05, 4.69) is 34.1 Å². The van der Waals surface area contributed by atoms with Gasteiger partial charge in [-0.15, -0.1) is 0 Å². The standard InChI is InChI=1S/C21H26ClN3O2S/c22-16-5-6-19-17(15-16)21(23-18-3-1-2-4-20(18)28-19)25-9-7-24(8-10-25)11-13-27-14-12-26/h1,3,5-6,15,26H,2,4,7-14H2. The van der Waals surface area contributed by atoms with E-state index in [9.17, 15) is 0 Å². The van der Waals surface area contributed by atoms with Crippen molar-refractivity contribution in [1.82, 2.24) is 9.80 Å². The van der Waals surface area contributed by atoms with Gasteiger partial charge in [0.2, 0.25) is 0 Å². The quantitative estimate of drug-likeness (QED) is 0.741. The molecule has 0 saturated carbocycles. The summed E-state index contributed by atoms with van der Waals surface area (Å²) in [6, 6.07) is 6.15. The molecule has 1 saturated heterocycles. The van der Waals surface area contributed by atoms with E-state index >= 15 is 0 Å². The lowest BCUT2D eigenvalue weighted by molar-refractivity contribution is 0.0652. The van der Waals surface area contributed by atoms with Gasteiger partial charge >= 0.3 is 0 Å². The molecule has 4 rings (SSSR count). The number of ether oxygens (including phenoxy) is 1. The number of aliphatic hydroxyl groups excluding tert-OH is 1. The van der Waals surface area contributed by atoms with Crippen molar-refractivity contribution in [2.45, 2.75) is 17.7 Å². The molecular formula is C21H26ClN3O2S. The van der Waals surface area contributed by atoms with Gasteiger partial charge in [-0.3, -0.25) is 4.90 Å². The van der Waals surface area contributed by atoms with Gasteiger partial charge in [0.25, 0.3) is 0 Å². The fraction of sp³-hybridized carbons (Fsp3) is 0.476. The van der Waals surface area contributed by atoms with Crippen LogP contribution in [0.15, 0.2) is 50.8 Å². The van der Waals surface area contributed by atoms with Crippen molar-refractivity contribution in [2.75, 3.05) is 52.5 Å². The normalized spacial score (nSPS) is 19.9. The average Bonchev–Trinajstić information content (AvgIpc) is 2.88. The molecule has 0 spiro atoms. The van der Waals surface area contributed by atoms with Crippen LogP contribution in [0.2, 0.25) is 5.02 Å². The highest BCUT2D eigenvalue weighted by atomic mass is 35.5. The van der Waals surface area contributed by atoms with Crippen molar-refractivity contribution in [3.63, 3.8) is 0 Å². The topological polar surface area (TPSA) is 48.3 Å². The smallest absolute Gasteiger partial charge is 0.137 e. The lowest BCUT2D eigenvalue weighted by atomic mass is 10.1. The summed E-state index contributed by atoms with van der Waals surface area (Å²) in [5.74, 6) is 1.04. The van der Waals surface area contributed by atoms with Gasteiger partial charge < -0.3 is 14.7 Å². The van der Waals surface area contributed by atoms with E-state index < -0.39 is 0 Å². The third kappa shape index (κ3) is 4.63. The van der Waals surface area contributed by atoms with Crippen LogP contribution in [0.25, 0.3) is 0 Å². The van der Waals surface area contributed by atoms with Crippen LogP contribution in [-0.4, -0.2) is 73.3 Å². The van der Waals surface area contributed by atoms with Crippen LogP contribution >= 0.6 is 23.4 Å². The SMILES string of the molecule is OCCOCCN1CCN(C2=NC3=C(CCC=C3)Sc3ccc(Cl)cc32)CC1. The monoisotopic (exact) mass is 419 g/mol. The zero-order chi connectivity index (χ0) is 19.3. The third-order valence-electron chi connectivity index (χ3n) is 5.20. The summed E-state index contributed by atoms with van der Waals surface area (Å²) in [5.41, 5.74) is 2.23. The molecule has 1 N–H and O–H groups in total. The number of piperazine rings is 1. The van der Waals surface area contributed by atoms with E-state index in [1.807, 2.05) is 17.8 Å². The minimum atomic E-state index is 0.0832. The second-order valence-corrected chi connectivity index (χ2v) is 8.67. The maximum Gasteiger partial charge on any atom is 0.137 e. The number of nitrogens with zero attached hydrogens (tertiary/aromatic N) is 3. The number of allylic oxidation sites excluding steroid dienone is 3. The largest absolute Gasteiger partial charge is 0.394 e. The Hall–Kier alpha value is -1.31. The number of aliphatic hydroxyl groups is 1. The Labute approximate surface area is 175 Å². The van der Waals surface area contributed by atoms with Crippen molar-refractivity contribution in [3.8, 4) is 0 Å².